The maximum Gasteiger partial charge on any atom is 0.213 e. The first kappa shape index (κ1) is 13.9. The van der Waals surface area contributed by atoms with Gasteiger partial charge < -0.3 is 9.47 Å². The Balaban J connectivity index is 2.46. The molecule has 0 aliphatic carbocycles. The van der Waals surface area contributed by atoms with E-state index in [2.05, 4.69) is 0 Å². The number of methoxy groups -OCH3 is 1. The first-order chi connectivity index (χ1) is 8.71. The molecule has 1 aromatic rings. The van der Waals surface area contributed by atoms with Gasteiger partial charge in [-0.25, -0.2) is 13.6 Å². The van der Waals surface area contributed by atoms with Crippen LogP contribution < -0.4 is 14.6 Å². The van der Waals surface area contributed by atoms with Gasteiger partial charge in [0.2, 0.25) is 10.0 Å². The van der Waals surface area contributed by atoms with Crippen molar-refractivity contribution in [3.63, 3.8) is 0 Å². The average Bonchev–Trinajstić information content (AvgIpc) is 2.27. The second kappa shape index (κ2) is 4.54. The lowest BCUT2D eigenvalue weighted by molar-refractivity contribution is 0.145. The van der Waals surface area contributed by atoms with Crippen LogP contribution in [0.3, 0.4) is 0 Å². The van der Waals surface area contributed by atoms with Crippen molar-refractivity contribution < 1.29 is 17.9 Å². The molecule has 0 fully saturated rings. The number of ether oxygens (including phenoxy) is 2. The predicted molar refractivity (Wildman–Crippen MR) is 73.7 cm³/mol. The molecule has 5 nitrogen and oxygen atoms in total. The van der Waals surface area contributed by atoms with Crippen LogP contribution in [-0.4, -0.2) is 26.9 Å². The van der Waals surface area contributed by atoms with Crippen molar-refractivity contribution in [2.75, 3.05) is 12.9 Å². The van der Waals surface area contributed by atoms with Gasteiger partial charge in [-0.2, -0.15) is 0 Å². The zero-order valence-electron chi connectivity index (χ0n) is 11.1. The van der Waals surface area contributed by atoms with Crippen LogP contribution in [0, 0.1) is 0 Å². The first-order valence-corrected chi connectivity index (χ1v) is 7.51. The van der Waals surface area contributed by atoms with Crippen LogP contribution in [0.15, 0.2) is 23.8 Å². The van der Waals surface area contributed by atoms with Gasteiger partial charge in [0.25, 0.3) is 0 Å². The van der Waals surface area contributed by atoms with Crippen molar-refractivity contribution in [2.24, 2.45) is 5.14 Å². The highest BCUT2D eigenvalue weighted by Gasteiger charge is 2.32. The smallest absolute Gasteiger partial charge is 0.213 e. The van der Waals surface area contributed by atoms with Gasteiger partial charge in [0.15, 0.2) is 0 Å². The first-order valence-electron chi connectivity index (χ1n) is 5.80. The van der Waals surface area contributed by atoms with Crippen LogP contribution in [0.5, 0.6) is 11.5 Å². The van der Waals surface area contributed by atoms with Gasteiger partial charge in [-0.3, -0.25) is 0 Å². The van der Waals surface area contributed by atoms with Crippen LogP contribution in [0.4, 0.5) is 0 Å². The van der Waals surface area contributed by atoms with Crippen LogP contribution in [0.1, 0.15) is 19.4 Å². The van der Waals surface area contributed by atoms with Crippen molar-refractivity contribution in [1.29, 1.82) is 0 Å². The third-order valence-electron chi connectivity index (χ3n) is 3.05. The summed E-state index contributed by atoms with van der Waals surface area (Å²) in [6, 6.07) is 5.40. The molecule has 0 amide bonds. The molecule has 1 heterocycles. The summed E-state index contributed by atoms with van der Waals surface area (Å²) in [7, 11) is -2.00. The van der Waals surface area contributed by atoms with Crippen LogP contribution in [-0.2, 0) is 10.0 Å². The molecule has 2 N–H and O–H groups in total. The van der Waals surface area contributed by atoms with E-state index in [1.807, 2.05) is 26.0 Å². The molecular formula is C13H17NO4S. The number of rotatable bonds is 3. The Morgan fingerprint density at radius 1 is 1.37 bits per heavy atom. The quantitative estimate of drug-likeness (QED) is 0.912. The van der Waals surface area contributed by atoms with Crippen LogP contribution in [0.2, 0.25) is 0 Å². The summed E-state index contributed by atoms with van der Waals surface area (Å²) in [6.45, 7) is 3.62. The Morgan fingerprint density at radius 2 is 2.05 bits per heavy atom. The Bertz CT molecular complexity index is 632. The fourth-order valence-electron chi connectivity index (χ4n) is 1.98. The number of hydrogen-bond acceptors (Lipinski definition) is 4. The highest BCUT2D eigenvalue weighted by atomic mass is 32.2. The number of nitrogens with two attached hydrogens (primary N) is 1. The largest absolute Gasteiger partial charge is 0.497 e. The minimum atomic E-state index is -3.58. The van der Waals surface area contributed by atoms with Crippen molar-refractivity contribution in [1.82, 2.24) is 0 Å². The SMILES string of the molecule is COc1ccc2c(c1)OC(C)(C)C(CS(N)(=O)=O)=C2. The van der Waals surface area contributed by atoms with E-state index in [4.69, 9.17) is 14.6 Å². The summed E-state index contributed by atoms with van der Waals surface area (Å²) < 4.78 is 33.5. The maximum atomic E-state index is 11.3. The number of primary sulfonamides is 1. The average molecular weight is 283 g/mol. The van der Waals surface area contributed by atoms with E-state index in [1.165, 1.54) is 0 Å². The summed E-state index contributed by atoms with van der Waals surface area (Å²) in [6.07, 6.45) is 1.81. The molecule has 1 aliphatic heterocycles. The number of sulfonamides is 1. The van der Waals surface area contributed by atoms with Crippen LogP contribution >= 0.6 is 0 Å². The highest BCUT2D eigenvalue weighted by molar-refractivity contribution is 7.89. The maximum absolute atomic E-state index is 11.3. The Labute approximate surface area is 113 Å². The summed E-state index contributed by atoms with van der Waals surface area (Å²) in [5, 5.41) is 5.11. The molecule has 0 unspecified atom stereocenters. The normalized spacial score (nSPS) is 17.2. The molecule has 0 radical (unpaired) electrons. The summed E-state index contributed by atoms with van der Waals surface area (Å²) in [4.78, 5) is 0. The number of fused-ring (bicyclic) bond motifs is 1. The third-order valence-corrected chi connectivity index (χ3v) is 3.76. The minimum absolute atomic E-state index is 0.217. The van der Waals surface area contributed by atoms with E-state index < -0.39 is 15.6 Å². The molecule has 1 aliphatic rings. The Morgan fingerprint density at radius 3 is 2.63 bits per heavy atom. The van der Waals surface area contributed by atoms with E-state index in [0.717, 1.165) is 5.56 Å². The molecule has 2 rings (SSSR count). The van der Waals surface area contributed by atoms with Gasteiger partial charge in [0, 0.05) is 11.6 Å². The fourth-order valence-corrected chi connectivity index (χ4v) is 2.85. The van der Waals surface area contributed by atoms with Crippen molar-refractivity contribution in [3.05, 3.63) is 29.3 Å². The standard InChI is InChI=1S/C13H17NO4S/c1-13(2)10(8-19(14,15)16)6-9-4-5-11(17-3)7-12(9)18-13/h4-7H,8H2,1-3H3,(H2,14,15,16). The van der Waals surface area contributed by atoms with Gasteiger partial charge in [-0.15, -0.1) is 0 Å². The molecule has 104 valence electrons. The van der Waals surface area contributed by atoms with E-state index in [0.29, 0.717) is 17.1 Å². The lowest BCUT2D eigenvalue weighted by Crippen LogP contribution is -2.37. The van der Waals surface area contributed by atoms with E-state index in [9.17, 15) is 8.42 Å². The lowest BCUT2D eigenvalue weighted by Gasteiger charge is -2.33. The van der Waals surface area contributed by atoms with Gasteiger partial charge in [0.05, 0.1) is 12.9 Å². The molecule has 6 heteroatoms. The Kier molecular flexibility index (Phi) is 3.32. The van der Waals surface area contributed by atoms with Crippen LogP contribution in [0.25, 0.3) is 6.08 Å². The van der Waals surface area contributed by atoms with Gasteiger partial charge in [-0.05, 0) is 37.6 Å². The second-order valence-electron chi connectivity index (χ2n) is 4.99. The highest BCUT2D eigenvalue weighted by Crippen LogP contribution is 2.37. The zero-order valence-corrected chi connectivity index (χ0v) is 12.0. The lowest BCUT2D eigenvalue weighted by atomic mass is 9.93. The third kappa shape index (κ3) is 3.08. The van der Waals surface area contributed by atoms with Crippen molar-refractivity contribution in [2.45, 2.75) is 19.4 Å². The van der Waals surface area contributed by atoms with Gasteiger partial charge >= 0.3 is 0 Å². The summed E-state index contributed by atoms with van der Waals surface area (Å²) in [5.41, 5.74) is 0.734. The fraction of sp³-hybridized carbons (Fsp3) is 0.385. The molecule has 0 aromatic heterocycles. The predicted octanol–water partition coefficient (Wildman–Crippen LogP) is 1.54. The number of benzene rings is 1. The van der Waals surface area contributed by atoms with Gasteiger partial charge in [0.1, 0.15) is 17.1 Å². The zero-order chi connectivity index (χ0) is 14.3. The second-order valence-corrected chi connectivity index (χ2v) is 6.61. The number of hydrogen-bond donors (Lipinski definition) is 1. The molecule has 0 saturated carbocycles. The molecule has 0 saturated heterocycles. The molecular weight excluding hydrogens is 266 g/mol. The minimum Gasteiger partial charge on any atom is -0.497 e. The van der Waals surface area contributed by atoms with E-state index in [-0.39, 0.29) is 5.75 Å². The monoisotopic (exact) mass is 283 g/mol. The molecule has 0 atom stereocenters. The van der Waals surface area contributed by atoms with Crippen molar-refractivity contribution in [3.8, 4) is 11.5 Å². The summed E-state index contributed by atoms with van der Waals surface area (Å²) in [5.74, 6) is 1.14. The Hall–Kier alpha value is -1.53. The molecule has 1 aromatic carbocycles. The van der Waals surface area contributed by atoms with Gasteiger partial charge in [-0.1, -0.05) is 0 Å². The molecule has 0 spiro atoms. The molecule has 19 heavy (non-hydrogen) atoms. The topological polar surface area (TPSA) is 78.6 Å². The van der Waals surface area contributed by atoms with Crippen molar-refractivity contribution >= 4 is 16.1 Å². The molecule has 0 bridgehead atoms. The summed E-state index contributed by atoms with van der Waals surface area (Å²) >= 11 is 0. The van der Waals surface area contributed by atoms with E-state index >= 15 is 0 Å². The van der Waals surface area contributed by atoms with E-state index in [1.54, 1.807) is 19.2 Å².